The smallest absolute Gasteiger partial charge is 0.195 e. The fraction of sp³-hybridized carbons (Fsp3) is 0.444. The maximum Gasteiger partial charge on any atom is 0.195 e. The van der Waals surface area contributed by atoms with Gasteiger partial charge in [-0.05, 0) is 45.5 Å². The van der Waals surface area contributed by atoms with Crippen LogP contribution in [-0.2, 0) is 6.54 Å². The molecule has 5 nitrogen and oxygen atoms in total. The summed E-state index contributed by atoms with van der Waals surface area (Å²) in [4.78, 5) is 2.21. The number of aromatic nitrogens is 3. The first-order chi connectivity index (χ1) is 12.0. The molecule has 0 fully saturated rings. The van der Waals surface area contributed by atoms with E-state index in [0.717, 1.165) is 35.4 Å². The molecule has 2 rings (SSSR count). The molecule has 1 heterocycles. The molecule has 2 aromatic rings. The molecule has 0 aliphatic rings. The lowest BCUT2D eigenvalue weighted by atomic mass is 10.2. The summed E-state index contributed by atoms with van der Waals surface area (Å²) in [5.74, 6) is 1.67. The number of aliphatic hydroxyl groups excluding tert-OH is 1. The van der Waals surface area contributed by atoms with Crippen molar-refractivity contribution in [2.45, 2.75) is 32.0 Å². The third-order valence-corrected chi connectivity index (χ3v) is 4.97. The number of thioether (sulfide) groups is 1. The van der Waals surface area contributed by atoms with Gasteiger partial charge >= 0.3 is 0 Å². The molecule has 1 aromatic heterocycles. The van der Waals surface area contributed by atoms with Gasteiger partial charge in [0.2, 0.25) is 0 Å². The number of nitrogens with zero attached hydrogens (tertiary/aromatic N) is 4. The summed E-state index contributed by atoms with van der Waals surface area (Å²) in [5.41, 5.74) is 2.27. The Bertz CT molecular complexity index is 717. The highest BCUT2D eigenvalue weighted by molar-refractivity contribution is 7.99. The van der Waals surface area contributed by atoms with E-state index in [2.05, 4.69) is 39.7 Å². The molecule has 0 aliphatic carbocycles. The van der Waals surface area contributed by atoms with Crippen LogP contribution >= 0.6 is 23.4 Å². The average Bonchev–Trinajstić information content (AvgIpc) is 2.97. The first kappa shape index (κ1) is 20.0. The third kappa shape index (κ3) is 5.85. The van der Waals surface area contributed by atoms with Crippen LogP contribution in [0.15, 0.2) is 41.1 Å². The Balaban J connectivity index is 2.29. The largest absolute Gasteiger partial charge is 0.396 e. The van der Waals surface area contributed by atoms with E-state index in [0.29, 0.717) is 11.6 Å². The predicted molar refractivity (Wildman–Crippen MR) is 105 cm³/mol. The Morgan fingerprint density at radius 2 is 2.20 bits per heavy atom. The van der Waals surface area contributed by atoms with Crippen LogP contribution in [0.1, 0.15) is 26.1 Å². The van der Waals surface area contributed by atoms with Crippen molar-refractivity contribution in [2.75, 3.05) is 26.0 Å². The van der Waals surface area contributed by atoms with Crippen LogP contribution in [0.3, 0.4) is 0 Å². The van der Waals surface area contributed by atoms with E-state index in [-0.39, 0.29) is 6.61 Å². The van der Waals surface area contributed by atoms with Gasteiger partial charge in [0.15, 0.2) is 11.0 Å². The number of likely N-dealkylation sites (N-methyl/N-ethyl adjacent to an activating group) is 1. The predicted octanol–water partition coefficient (Wildman–Crippen LogP) is 3.79. The molecule has 0 bridgehead atoms. The number of rotatable bonds is 9. The van der Waals surface area contributed by atoms with Crippen LogP contribution < -0.4 is 0 Å². The van der Waals surface area contributed by atoms with Gasteiger partial charge in [-0.15, -0.1) is 10.2 Å². The summed E-state index contributed by atoms with van der Waals surface area (Å²) in [6.07, 6.45) is 2.84. The van der Waals surface area contributed by atoms with Crippen molar-refractivity contribution in [1.82, 2.24) is 19.7 Å². The topological polar surface area (TPSA) is 54.2 Å². The Hall–Kier alpha value is -1.34. The molecule has 136 valence electrons. The molecule has 25 heavy (non-hydrogen) atoms. The molecule has 0 atom stereocenters. The molecule has 1 aromatic carbocycles. The van der Waals surface area contributed by atoms with Crippen molar-refractivity contribution in [3.05, 3.63) is 46.8 Å². The number of aliphatic hydroxyl groups is 1. The molecule has 0 aliphatic heterocycles. The fourth-order valence-corrected chi connectivity index (χ4v) is 3.49. The summed E-state index contributed by atoms with van der Waals surface area (Å²) in [5, 5.41) is 19.3. The molecule has 0 saturated heterocycles. The summed E-state index contributed by atoms with van der Waals surface area (Å²) in [6, 6.07) is 7.71. The van der Waals surface area contributed by atoms with Gasteiger partial charge in [-0.3, -0.25) is 9.47 Å². The van der Waals surface area contributed by atoms with Crippen LogP contribution in [0.4, 0.5) is 0 Å². The van der Waals surface area contributed by atoms with E-state index in [1.807, 2.05) is 31.2 Å². The average molecular weight is 381 g/mol. The Morgan fingerprint density at radius 1 is 1.40 bits per heavy atom. The number of hydrogen-bond acceptors (Lipinski definition) is 5. The minimum absolute atomic E-state index is 0.177. The van der Waals surface area contributed by atoms with Gasteiger partial charge in [0, 0.05) is 23.9 Å². The zero-order valence-electron chi connectivity index (χ0n) is 14.9. The van der Waals surface area contributed by atoms with E-state index >= 15 is 0 Å². The molecule has 0 unspecified atom stereocenters. The normalized spacial score (nSPS) is 12.2. The SMILES string of the molecule is CC=C(C)CN(C)Cc1nnc(SCCCO)n1-c1cccc(Cl)c1. The number of benzene rings is 1. The molecule has 1 N–H and O–H groups in total. The van der Waals surface area contributed by atoms with E-state index in [1.165, 1.54) is 5.57 Å². The van der Waals surface area contributed by atoms with Crippen molar-refractivity contribution in [2.24, 2.45) is 0 Å². The van der Waals surface area contributed by atoms with Crippen LogP contribution in [0.2, 0.25) is 5.02 Å². The highest BCUT2D eigenvalue weighted by Crippen LogP contribution is 2.25. The van der Waals surface area contributed by atoms with Gasteiger partial charge in [-0.2, -0.15) is 0 Å². The molecule has 0 spiro atoms. The monoisotopic (exact) mass is 380 g/mol. The van der Waals surface area contributed by atoms with Gasteiger partial charge in [0.05, 0.1) is 12.2 Å². The van der Waals surface area contributed by atoms with Gasteiger partial charge in [-0.1, -0.05) is 41.1 Å². The maximum absolute atomic E-state index is 9.01. The van der Waals surface area contributed by atoms with Gasteiger partial charge in [0.25, 0.3) is 0 Å². The second-order valence-corrected chi connectivity index (χ2v) is 7.45. The Labute approximate surface area is 158 Å². The highest BCUT2D eigenvalue weighted by atomic mass is 35.5. The molecule has 0 saturated carbocycles. The number of hydrogen-bond donors (Lipinski definition) is 1. The quantitative estimate of drug-likeness (QED) is 0.407. The Morgan fingerprint density at radius 3 is 2.88 bits per heavy atom. The molecule has 7 heteroatoms. The van der Waals surface area contributed by atoms with Crippen molar-refractivity contribution in [1.29, 1.82) is 0 Å². The number of allylic oxidation sites excluding steroid dienone is 1. The van der Waals surface area contributed by atoms with Gasteiger partial charge in [0.1, 0.15) is 0 Å². The third-order valence-electron chi connectivity index (χ3n) is 3.72. The summed E-state index contributed by atoms with van der Waals surface area (Å²) >= 11 is 7.77. The summed E-state index contributed by atoms with van der Waals surface area (Å²) < 4.78 is 2.05. The minimum atomic E-state index is 0.177. The zero-order chi connectivity index (χ0) is 18.2. The summed E-state index contributed by atoms with van der Waals surface area (Å²) in [7, 11) is 2.07. The van der Waals surface area contributed by atoms with E-state index in [9.17, 15) is 0 Å². The van der Waals surface area contributed by atoms with E-state index in [1.54, 1.807) is 11.8 Å². The molecule has 0 radical (unpaired) electrons. The minimum Gasteiger partial charge on any atom is -0.396 e. The Kier molecular flexibility index (Phi) is 7.96. The standard InChI is InChI=1S/C18H25ClN4OS/c1-4-14(2)12-22(3)13-17-20-21-18(25-10-6-9-24)23(17)16-8-5-7-15(19)11-16/h4-5,7-8,11,24H,6,9-10,12-13H2,1-3H3. The molecule has 0 amide bonds. The lowest BCUT2D eigenvalue weighted by Crippen LogP contribution is -2.22. The molecular formula is C18H25ClN4OS. The lowest BCUT2D eigenvalue weighted by Gasteiger charge is -2.18. The van der Waals surface area contributed by atoms with Crippen LogP contribution in [0, 0.1) is 0 Å². The second kappa shape index (κ2) is 9.97. The van der Waals surface area contributed by atoms with Crippen LogP contribution in [-0.4, -0.2) is 50.7 Å². The van der Waals surface area contributed by atoms with E-state index < -0.39 is 0 Å². The first-order valence-electron chi connectivity index (χ1n) is 8.29. The second-order valence-electron chi connectivity index (χ2n) is 5.95. The van der Waals surface area contributed by atoms with Crippen molar-refractivity contribution in [3.8, 4) is 5.69 Å². The summed E-state index contributed by atoms with van der Waals surface area (Å²) in [6.45, 7) is 5.91. The number of halogens is 1. The van der Waals surface area contributed by atoms with Gasteiger partial charge in [-0.25, -0.2) is 0 Å². The lowest BCUT2D eigenvalue weighted by molar-refractivity contribution is 0.296. The first-order valence-corrected chi connectivity index (χ1v) is 9.65. The van der Waals surface area contributed by atoms with Crippen LogP contribution in [0.5, 0.6) is 0 Å². The van der Waals surface area contributed by atoms with Crippen LogP contribution in [0.25, 0.3) is 5.69 Å². The van der Waals surface area contributed by atoms with Gasteiger partial charge < -0.3 is 5.11 Å². The zero-order valence-corrected chi connectivity index (χ0v) is 16.5. The van der Waals surface area contributed by atoms with Crippen molar-refractivity contribution < 1.29 is 5.11 Å². The van der Waals surface area contributed by atoms with Crippen molar-refractivity contribution >= 4 is 23.4 Å². The fourth-order valence-electron chi connectivity index (χ4n) is 2.41. The maximum atomic E-state index is 9.01. The highest BCUT2D eigenvalue weighted by Gasteiger charge is 2.16. The molecular weight excluding hydrogens is 356 g/mol. The van der Waals surface area contributed by atoms with Crippen molar-refractivity contribution in [3.63, 3.8) is 0 Å². The van der Waals surface area contributed by atoms with E-state index in [4.69, 9.17) is 16.7 Å².